The molecule has 2 aliphatic rings. The number of hydrogen-bond donors (Lipinski definition) is 0. The van der Waals surface area contributed by atoms with Crippen molar-refractivity contribution >= 4 is 0 Å². The molecule has 112 valence electrons. The molecule has 1 fully saturated rings. The SMILES string of the molecule is CC1=CCCC(C)C1CN(CCC#N)CC1CCOC1. The molecule has 1 aliphatic carbocycles. The van der Waals surface area contributed by atoms with Gasteiger partial charge in [0.15, 0.2) is 0 Å². The van der Waals surface area contributed by atoms with Crippen molar-refractivity contribution in [2.45, 2.75) is 39.5 Å². The van der Waals surface area contributed by atoms with Gasteiger partial charge in [-0.3, -0.25) is 0 Å². The van der Waals surface area contributed by atoms with Gasteiger partial charge in [-0.05, 0) is 43.9 Å². The van der Waals surface area contributed by atoms with E-state index in [-0.39, 0.29) is 0 Å². The quantitative estimate of drug-likeness (QED) is 0.699. The Bertz CT molecular complexity index is 366. The summed E-state index contributed by atoms with van der Waals surface area (Å²) in [5.74, 6) is 2.10. The molecule has 0 aromatic rings. The van der Waals surface area contributed by atoms with Crippen LogP contribution in [0, 0.1) is 29.1 Å². The highest BCUT2D eigenvalue weighted by Crippen LogP contribution is 2.31. The second kappa shape index (κ2) is 7.81. The van der Waals surface area contributed by atoms with E-state index in [1.807, 2.05) is 0 Å². The Kier molecular flexibility index (Phi) is 6.06. The Balaban J connectivity index is 1.93. The lowest BCUT2D eigenvalue weighted by molar-refractivity contribution is 0.153. The van der Waals surface area contributed by atoms with Crippen molar-refractivity contribution in [3.8, 4) is 6.07 Å². The van der Waals surface area contributed by atoms with Gasteiger partial charge in [0.05, 0.1) is 12.7 Å². The molecule has 0 aromatic carbocycles. The molecule has 2 rings (SSSR count). The number of allylic oxidation sites excluding steroid dienone is 1. The Morgan fingerprint density at radius 2 is 2.25 bits per heavy atom. The number of hydrogen-bond acceptors (Lipinski definition) is 3. The zero-order valence-corrected chi connectivity index (χ0v) is 13.0. The fraction of sp³-hybridized carbons (Fsp3) is 0.824. The number of rotatable bonds is 6. The van der Waals surface area contributed by atoms with Crippen LogP contribution >= 0.6 is 0 Å². The summed E-state index contributed by atoms with van der Waals surface area (Å²) in [5.41, 5.74) is 1.55. The van der Waals surface area contributed by atoms with E-state index >= 15 is 0 Å². The monoisotopic (exact) mass is 276 g/mol. The standard InChI is InChI=1S/C17H28N2O/c1-14-5-3-6-15(2)17(14)12-19(9-4-8-18)11-16-7-10-20-13-16/h5,15-17H,3-4,6-7,9-13H2,1-2H3. The molecule has 3 heteroatoms. The van der Waals surface area contributed by atoms with Gasteiger partial charge in [-0.1, -0.05) is 18.6 Å². The zero-order chi connectivity index (χ0) is 14.4. The predicted molar refractivity (Wildman–Crippen MR) is 81.2 cm³/mol. The van der Waals surface area contributed by atoms with Crippen molar-refractivity contribution in [3.63, 3.8) is 0 Å². The first-order valence-electron chi connectivity index (χ1n) is 8.04. The molecule has 3 unspecified atom stereocenters. The second-order valence-electron chi connectivity index (χ2n) is 6.51. The molecule has 0 saturated carbocycles. The van der Waals surface area contributed by atoms with Crippen LogP contribution in [0.25, 0.3) is 0 Å². The van der Waals surface area contributed by atoms with Crippen molar-refractivity contribution in [1.29, 1.82) is 5.26 Å². The van der Waals surface area contributed by atoms with Gasteiger partial charge in [0, 0.05) is 32.7 Å². The van der Waals surface area contributed by atoms with E-state index in [1.165, 1.54) is 19.3 Å². The maximum atomic E-state index is 8.87. The van der Waals surface area contributed by atoms with Crippen molar-refractivity contribution in [2.75, 3.05) is 32.8 Å². The van der Waals surface area contributed by atoms with Crippen molar-refractivity contribution in [3.05, 3.63) is 11.6 Å². The second-order valence-corrected chi connectivity index (χ2v) is 6.51. The molecule has 0 radical (unpaired) electrons. The van der Waals surface area contributed by atoms with Crippen LogP contribution in [0.15, 0.2) is 11.6 Å². The van der Waals surface area contributed by atoms with Crippen LogP contribution < -0.4 is 0 Å². The minimum atomic E-state index is 0.636. The Labute approximate surface area is 123 Å². The highest BCUT2D eigenvalue weighted by molar-refractivity contribution is 5.09. The number of nitriles is 1. The minimum Gasteiger partial charge on any atom is -0.381 e. The third-order valence-corrected chi connectivity index (χ3v) is 4.90. The van der Waals surface area contributed by atoms with Crippen LogP contribution in [0.5, 0.6) is 0 Å². The average molecular weight is 276 g/mol. The van der Waals surface area contributed by atoms with E-state index in [4.69, 9.17) is 10.00 Å². The molecule has 1 heterocycles. The van der Waals surface area contributed by atoms with Gasteiger partial charge in [0.25, 0.3) is 0 Å². The molecule has 0 N–H and O–H groups in total. The van der Waals surface area contributed by atoms with Crippen LogP contribution in [-0.2, 0) is 4.74 Å². The lowest BCUT2D eigenvalue weighted by Gasteiger charge is -2.34. The fourth-order valence-electron chi connectivity index (χ4n) is 3.54. The van der Waals surface area contributed by atoms with Crippen molar-refractivity contribution in [2.24, 2.45) is 17.8 Å². The Morgan fingerprint density at radius 3 is 2.90 bits per heavy atom. The lowest BCUT2D eigenvalue weighted by Crippen LogP contribution is -2.37. The summed E-state index contributed by atoms with van der Waals surface area (Å²) in [6.45, 7) is 9.58. The summed E-state index contributed by atoms with van der Waals surface area (Å²) in [6, 6.07) is 2.30. The summed E-state index contributed by atoms with van der Waals surface area (Å²) in [7, 11) is 0. The maximum absolute atomic E-state index is 8.87. The van der Waals surface area contributed by atoms with Crippen molar-refractivity contribution in [1.82, 2.24) is 4.90 Å². The van der Waals surface area contributed by atoms with Gasteiger partial charge in [0.2, 0.25) is 0 Å². The van der Waals surface area contributed by atoms with E-state index in [2.05, 4.69) is 30.9 Å². The molecule has 3 nitrogen and oxygen atoms in total. The van der Waals surface area contributed by atoms with Crippen molar-refractivity contribution < 1.29 is 4.74 Å². The fourth-order valence-corrected chi connectivity index (χ4v) is 3.54. The maximum Gasteiger partial charge on any atom is 0.0635 e. The van der Waals surface area contributed by atoms with E-state index < -0.39 is 0 Å². The highest BCUT2D eigenvalue weighted by atomic mass is 16.5. The summed E-state index contributed by atoms with van der Waals surface area (Å²) in [5, 5.41) is 8.87. The first-order valence-corrected chi connectivity index (χ1v) is 8.04. The summed E-state index contributed by atoms with van der Waals surface area (Å²) >= 11 is 0. The molecular formula is C17H28N2O. The van der Waals surface area contributed by atoms with E-state index in [1.54, 1.807) is 5.57 Å². The molecule has 1 saturated heterocycles. The van der Waals surface area contributed by atoms with Gasteiger partial charge in [-0.25, -0.2) is 0 Å². The molecule has 0 spiro atoms. The summed E-state index contributed by atoms with van der Waals surface area (Å²) < 4.78 is 5.49. The molecule has 0 amide bonds. The van der Waals surface area contributed by atoms with Crippen LogP contribution in [0.2, 0.25) is 0 Å². The van der Waals surface area contributed by atoms with Gasteiger partial charge < -0.3 is 9.64 Å². The lowest BCUT2D eigenvalue weighted by atomic mass is 9.79. The summed E-state index contributed by atoms with van der Waals surface area (Å²) in [4.78, 5) is 2.51. The first kappa shape index (κ1) is 15.5. The predicted octanol–water partition coefficient (Wildman–Crippen LogP) is 3.23. The molecule has 0 bridgehead atoms. The van der Waals surface area contributed by atoms with Crippen LogP contribution in [0.3, 0.4) is 0 Å². The summed E-state index contributed by atoms with van der Waals surface area (Å²) in [6.07, 6.45) is 6.76. The van der Waals surface area contributed by atoms with Crippen LogP contribution in [0.1, 0.15) is 39.5 Å². The Hall–Kier alpha value is -0.850. The van der Waals surface area contributed by atoms with Gasteiger partial charge in [-0.2, -0.15) is 5.26 Å². The molecule has 1 aliphatic heterocycles. The van der Waals surface area contributed by atoms with Gasteiger partial charge in [0.1, 0.15) is 0 Å². The third kappa shape index (κ3) is 4.33. The largest absolute Gasteiger partial charge is 0.381 e. The average Bonchev–Trinajstić information content (AvgIpc) is 2.93. The molecule has 3 atom stereocenters. The Morgan fingerprint density at radius 1 is 1.40 bits per heavy atom. The van der Waals surface area contributed by atoms with Crippen LogP contribution in [-0.4, -0.2) is 37.7 Å². The van der Waals surface area contributed by atoms with E-state index in [0.717, 1.165) is 38.8 Å². The van der Waals surface area contributed by atoms with Gasteiger partial charge >= 0.3 is 0 Å². The first-order chi connectivity index (χ1) is 9.70. The third-order valence-electron chi connectivity index (χ3n) is 4.90. The molecule has 20 heavy (non-hydrogen) atoms. The highest BCUT2D eigenvalue weighted by Gasteiger charge is 2.26. The van der Waals surface area contributed by atoms with E-state index in [0.29, 0.717) is 18.3 Å². The topological polar surface area (TPSA) is 36.3 Å². The number of ether oxygens (including phenoxy) is 1. The smallest absolute Gasteiger partial charge is 0.0635 e. The zero-order valence-electron chi connectivity index (χ0n) is 13.0. The number of nitrogens with zero attached hydrogens (tertiary/aromatic N) is 2. The van der Waals surface area contributed by atoms with E-state index in [9.17, 15) is 0 Å². The molecular weight excluding hydrogens is 248 g/mol. The minimum absolute atomic E-state index is 0.636. The van der Waals surface area contributed by atoms with Gasteiger partial charge in [-0.15, -0.1) is 0 Å². The normalized spacial score (nSPS) is 30.3. The van der Waals surface area contributed by atoms with Crippen LogP contribution in [0.4, 0.5) is 0 Å². The molecule has 0 aromatic heterocycles.